The topological polar surface area (TPSA) is 81.0 Å². The Morgan fingerprint density at radius 1 is 1.33 bits per heavy atom. The summed E-state index contributed by atoms with van der Waals surface area (Å²) in [5, 5.41) is 28.5. The monoisotopic (exact) mass is 253 g/mol. The molecule has 3 N–H and O–H groups in total. The highest BCUT2D eigenvalue weighted by Crippen LogP contribution is 2.24. The molecule has 0 bridgehead atoms. The van der Waals surface area contributed by atoms with Crippen LogP contribution in [-0.4, -0.2) is 44.8 Å². The van der Waals surface area contributed by atoms with Crippen molar-refractivity contribution in [3.8, 4) is 11.5 Å². The van der Waals surface area contributed by atoms with Gasteiger partial charge in [-0.25, -0.2) is 0 Å². The minimum atomic E-state index is -1.00. The van der Waals surface area contributed by atoms with Crippen LogP contribution in [0.1, 0.15) is 31.1 Å². The van der Waals surface area contributed by atoms with E-state index in [-0.39, 0.29) is 29.5 Å². The molecule has 5 heteroatoms. The minimum absolute atomic E-state index is 0.102. The van der Waals surface area contributed by atoms with Crippen LogP contribution in [0.25, 0.3) is 0 Å². The van der Waals surface area contributed by atoms with E-state index in [1.807, 2.05) is 0 Å². The molecule has 1 aromatic carbocycles. The molecule has 1 amide bonds. The van der Waals surface area contributed by atoms with Crippen LogP contribution in [0.2, 0.25) is 0 Å². The predicted octanol–water partition coefficient (Wildman–Crippen LogP) is 1.33. The third kappa shape index (κ3) is 3.63. The van der Waals surface area contributed by atoms with E-state index in [4.69, 9.17) is 0 Å². The summed E-state index contributed by atoms with van der Waals surface area (Å²) in [6.07, 6.45) is 0. The van der Waals surface area contributed by atoms with Gasteiger partial charge in [-0.05, 0) is 32.9 Å². The molecule has 0 aliphatic rings. The summed E-state index contributed by atoms with van der Waals surface area (Å²) < 4.78 is 0. The molecule has 1 aromatic rings. The fourth-order valence-electron chi connectivity index (χ4n) is 1.67. The number of carbonyl (C=O) groups is 1. The highest BCUT2D eigenvalue weighted by molar-refractivity contribution is 5.97. The van der Waals surface area contributed by atoms with Crippen LogP contribution in [0.3, 0.4) is 0 Å². The molecule has 0 aliphatic carbocycles. The van der Waals surface area contributed by atoms with Gasteiger partial charge in [-0.3, -0.25) is 4.79 Å². The van der Waals surface area contributed by atoms with Crippen molar-refractivity contribution in [1.29, 1.82) is 0 Å². The van der Waals surface area contributed by atoms with E-state index in [1.54, 1.807) is 20.8 Å². The highest BCUT2D eigenvalue weighted by atomic mass is 16.3. The average Bonchev–Trinajstić information content (AvgIpc) is 2.24. The lowest BCUT2D eigenvalue weighted by atomic mass is 10.1. The van der Waals surface area contributed by atoms with Crippen molar-refractivity contribution >= 4 is 5.91 Å². The molecule has 0 aromatic heterocycles. The van der Waals surface area contributed by atoms with Crippen LogP contribution < -0.4 is 0 Å². The van der Waals surface area contributed by atoms with Crippen molar-refractivity contribution in [2.75, 3.05) is 13.1 Å². The molecular formula is C13H19NO4. The summed E-state index contributed by atoms with van der Waals surface area (Å²) in [5.74, 6) is -0.749. The zero-order chi connectivity index (χ0) is 13.9. The molecular weight excluding hydrogens is 234 g/mol. The summed E-state index contributed by atoms with van der Waals surface area (Å²) >= 11 is 0. The summed E-state index contributed by atoms with van der Waals surface area (Å²) in [6, 6.07) is 3.82. The van der Waals surface area contributed by atoms with Gasteiger partial charge in [0.25, 0.3) is 5.91 Å². The van der Waals surface area contributed by atoms with Crippen LogP contribution >= 0.6 is 0 Å². The number of likely N-dealkylation sites (N-methyl/N-ethyl adjacent to an activating group) is 1. The molecule has 18 heavy (non-hydrogen) atoms. The van der Waals surface area contributed by atoms with Gasteiger partial charge in [-0.1, -0.05) is 0 Å². The molecule has 0 unspecified atom stereocenters. The zero-order valence-electron chi connectivity index (χ0n) is 10.8. The number of phenols is 2. The number of aromatic hydroxyl groups is 2. The Kier molecular flexibility index (Phi) is 4.19. The largest absolute Gasteiger partial charge is 0.508 e. The Balaban J connectivity index is 2.97. The standard InChI is InChI=1S/C13H19NO4/c1-4-14(8-13(2,3)18)12(17)10-6-5-9(15)7-11(10)16/h5-7,15-16,18H,4,8H2,1-3H3. The number of hydrogen-bond acceptors (Lipinski definition) is 4. The van der Waals surface area contributed by atoms with E-state index in [9.17, 15) is 20.1 Å². The second-order valence-electron chi connectivity index (χ2n) is 4.83. The second kappa shape index (κ2) is 5.27. The Hall–Kier alpha value is -1.75. The van der Waals surface area contributed by atoms with Crippen molar-refractivity contribution in [3.05, 3.63) is 23.8 Å². The fraction of sp³-hybridized carbons (Fsp3) is 0.462. The summed E-state index contributed by atoms with van der Waals surface area (Å²) in [6.45, 7) is 5.60. The van der Waals surface area contributed by atoms with Gasteiger partial charge in [-0.15, -0.1) is 0 Å². The first-order chi connectivity index (χ1) is 8.24. The lowest BCUT2D eigenvalue weighted by Gasteiger charge is -2.28. The van der Waals surface area contributed by atoms with Crippen molar-refractivity contribution in [2.24, 2.45) is 0 Å². The Labute approximate surface area is 106 Å². The predicted molar refractivity (Wildman–Crippen MR) is 67.6 cm³/mol. The molecule has 0 heterocycles. The number of benzene rings is 1. The van der Waals surface area contributed by atoms with Crippen LogP contribution in [0, 0.1) is 0 Å². The zero-order valence-corrected chi connectivity index (χ0v) is 10.8. The van der Waals surface area contributed by atoms with Gasteiger partial charge < -0.3 is 20.2 Å². The minimum Gasteiger partial charge on any atom is -0.508 e. The molecule has 5 nitrogen and oxygen atoms in total. The molecule has 0 fully saturated rings. The molecule has 100 valence electrons. The van der Waals surface area contributed by atoms with E-state index in [0.29, 0.717) is 6.54 Å². The number of hydrogen-bond donors (Lipinski definition) is 3. The molecule has 0 radical (unpaired) electrons. The second-order valence-corrected chi connectivity index (χ2v) is 4.83. The molecule has 0 saturated carbocycles. The molecule has 0 saturated heterocycles. The normalized spacial score (nSPS) is 11.3. The number of amides is 1. The van der Waals surface area contributed by atoms with Gasteiger partial charge in [0.1, 0.15) is 11.5 Å². The molecule has 0 aliphatic heterocycles. The number of nitrogens with zero attached hydrogens (tertiary/aromatic N) is 1. The first-order valence-corrected chi connectivity index (χ1v) is 5.78. The fourth-order valence-corrected chi connectivity index (χ4v) is 1.67. The smallest absolute Gasteiger partial charge is 0.257 e. The van der Waals surface area contributed by atoms with Gasteiger partial charge in [0.2, 0.25) is 0 Å². The van der Waals surface area contributed by atoms with E-state index in [2.05, 4.69) is 0 Å². The van der Waals surface area contributed by atoms with Crippen LogP contribution in [0.15, 0.2) is 18.2 Å². The van der Waals surface area contributed by atoms with Crippen LogP contribution in [0.5, 0.6) is 11.5 Å². The maximum Gasteiger partial charge on any atom is 0.257 e. The summed E-state index contributed by atoms with van der Waals surface area (Å²) in [4.78, 5) is 13.6. The van der Waals surface area contributed by atoms with Crippen molar-refractivity contribution < 1.29 is 20.1 Å². The molecule has 0 atom stereocenters. The van der Waals surface area contributed by atoms with E-state index < -0.39 is 5.60 Å². The lowest BCUT2D eigenvalue weighted by molar-refractivity contribution is 0.0313. The Morgan fingerprint density at radius 2 is 1.94 bits per heavy atom. The van der Waals surface area contributed by atoms with Gasteiger partial charge in [-0.2, -0.15) is 0 Å². The van der Waals surface area contributed by atoms with Crippen molar-refractivity contribution in [1.82, 2.24) is 4.90 Å². The first kappa shape index (κ1) is 14.3. The SMILES string of the molecule is CCN(CC(C)(C)O)C(=O)c1ccc(O)cc1O. The molecule has 0 spiro atoms. The number of phenolic OH excluding ortho intramolecular Hbond substituents is 2. The van der Waals surface area contributed by atoms with Crippen LogP contribution in [0.4, 0.5) is 0 Å². The Morgan fingerprint density at radius 3 is 2.39 bits per heavy atom. The van der Waals surface area contributed by atoms with Crippen molar-refractivity contribution in [3.63, 3.8) is 0 Å². The number of aliphatic hydroxyl groups is 1. The third-order valence-electron chi connectivity index (χ3n) is 2.46. The van der Waals surface area contributed by atoms with Crippen molar-refractivity contribution in [2.45, 2.75) is 26.4 Å². The Bertz CT molecular complexity index is 437. The van der Waals surface area contributed by atoms with E-state index in [1.165, 1.54) is 17.0 Å². The van der Waals surface area contributed by atoms with Gasteiger partial charge in [0.05, 0.1) is 11.2 Å². The maximum absolute atomic E-state index is 12.2. The third-order valence-corrected chi connectivity index (χ3v) is 2.46. The van der Waals surface area contributed by atoms with Gasteiger partial charge >= 0.3 is 0 Å². The average molecular weight is 253 g/mol. The number of rotatable bonds is 4. The van der Waals surface area contributed by atoms with Gasteiger partial charge in [0, 0.05) is 19.2 Å². The first-order valence-electron chi connectivity index (χ1n) is 5.78. The van der Waals surface area contributed by atoms with Crippen LogP contribution in [-0.2, 0) is 0 Å². The van der Waals surface area contributed by atoms with E-state index >= 15 is 0 Å². The quantitative estimate of drug-likeness (QED) is 0.756. The lowest BCUT2D eigenvalue weighted by Crippen LogP contribution is -2.42. The highest BCUT2D eigenvalue weighted by Gasteiger charge is 2.23. The van der Waals surface area contributed by atoms with E-state index in [0.717, 1.165) is 6.07 Å². The number of carbonyl (C=O) groups excluding carboxylic acids is 1. The van der Waals surface area contributed by atoms with Gasteiger partial charge in [0.15, 0.2) is 0 Å². The maximum atomic E-state index is 12.2. The summed E-state index contributed by atoms with van der Waals surface area (Å²) in [5.41, 5.74) is -0.892. The summed E-state index contributed by atoms with van der Waals surface area (Å²) in [7, 11) is 0. The molecule has 1 rings (SSSR count).